The number of hydrogen-bond acceptors (Lipinski definition) is 10. The molecule has 37 heavy (non-hydrogen) atoms. The predicted octanol–water partition coefficient (Wildman–Crippen LogP) is 3.09. The lowest BCUT2D eigenvalue weighted by Gasteiger charge is -2.09. The Labute approximate surface area is 222 Å². The van der Waals surface area contributed by atoms with Crippen molar-refractivity contribution in [2.24, 2.45) is 0 Å². The maximum atomic E-state index is 11.9. The minimum Gasteiger partial charge on any atom is -0.379 e. The molecule has 0 aliphatic heterocycles. The highest BCUT2D eigenvalue weighted by molar-refractivity contribution is 7.86. The van der Waals surface area contributed by atoms with Crippen LogP contribution in [0.15, 0.2) is 35.2 Å². The predicted molar refractivity (Wildman–Crippen MR) is 139 cm³/mol. The van der Waals surface area contributed by atoms with E-state index in [1.165, 1.54) is 31.4 Å². The fraction of sp³-hybridized carbons (Fsp3) is 0.769. The summed E-state index contributed by atoms with van der Waals surface area (Å²) >= 11 is 0. The molecule has 0 bridgehead atoms. The summed E-state index contributed by atoms with van der Waals surface area (Å²) in [7, 11) is -3.74. The van der Waals surface area contributed by atoms with Crippen LogP contribution in [0.3, 0.4) is 0 Å². The highest BCUT2D eigenvalue weighted by Gasteiger charge is 2.13. The Balaban J connectivity index is 1.71. The molecule has 0 amide bonds. The zero-order valence-electron chi connectivity index (χ0n) is 22.3. The van der Waals surface area contributed by atoms with Gasteiger partial charge in [0.25, 0.3) is 10.1 Å². The molecule has 0 aliphatic rings. The molecule has 216 valence electrons. The first kappa shape index (κ1) is 33.9. The first-order chi connectivity index (χ1) is 18.2. The van der Waals surface area contributed by atoms with E-state index in [0.717, 1.165) is 13.0 Å². The monoisotopic (exact) mass is 550 g/mol. The van der Waals surface area contributed by atoms with Crippen LogP contribution >= 0.6 is 0 Å². The Morgan fingerprint density at radius 1 is 0.486 bits per heavy atom. The molecule has 0 fully saturated rings. The lowest BCUT2D eigenvalue weighted by atomic mass is 10.2. The van der Waals surface area contributed by atoms with Crippen LogP contribution in [0.2, 0.25) is 0 Å². The molecule has 0 saturated heterocycles. The second kappa shape index (κ2) is 25.1. The van der Waals surface area contributed by atoms with Gasteiger partial charge in [-0.05, 0) is 18.6 Å². The van der Waals surface area contributed by atoms with E-state index in [4.69, 9.17) is 37.3 Å². The van der Waals surface area contributed by atoms with E-state index in [-0.39, 0.29) is 18.1 Å². The molecule has 0 aromatic heterocycles. The fourth-order valence-electron chi connectivity index (χ4n) is 2.91. The summed E-state index contributed by atoms with van der Waals surface area (Å²) in [6, 6.07) is 8.00. The van der Waals surface area contributed by atoms with Crippen LogP contribution in [0.25, 0.3) is 0 Å². The SMILES string of the molecule is CCCCCCOCCOCCOCCOCCOCCOCCOCCOS(=O)(=O)c1ccccc1. The molecule has 1 aromatic rings. The van der Waals surface area contributed by atoms with Gasteiger partial charge in [0.1, 0.15) is 0 Å². The third kappa shape index (κ3) is 21.5. The average molecular weight is 551 g/mol. The molecule has 0 aliphatic carbocycles. The Hall–Kier alpha value is -1.15. The minimum absolute atomic E-state index is 0.0477. The van der Waals surface area contributed by atoms with Crippen molar-refractivity contribution in [2.45, 2.75) is 37.5 Å². The molecule has 11 heteroatoms. The van der Waals surface area contributed by atoms with E-state index in [9.17, 15) is 8.42 Å². The molecular formula is C26H46O10S. The Bertz CT molecular complexity index is 703. The van der Waals surface area contributed by atoms with Crippen molar-refractivity contribution in [3.05, 3.63) is 30.3 Å². The topological polar surface area (TPSA) is 108 Å². The quantitative estimate of drug-likeness (QED) is 0.114. The largest absolute Gasteiger partial charge is 0.379 e. The van der Waals surface area contributed by atoms with E-state index >= 15 is 0 Å². The molecule has 0 heterocycles. The van der Waals surface area contributed by atoms with Crippen LogP contribution in [-0.2, 0) is 47.5 Å². The molecule has 0 radical (unpaired) electrons. The molecule has 1 rings (SSSR count). The standard InChI is InChI=1S/C26H46O10S/c1-2-3-4-8-11-29-12-13-30-14-15-31-16-17-32-18-19-33-20-21-34-22-23-35-24-25-36-37(27,28)26-9-6-5-7-10-26/h5-7,9-10H,2-4,8,11-25H2,1H3. The van der Waals surface area contributed by atoms with E-state index in [1.54, 1.807) is 18.2 Å². The summed E-state index contributed by atoms with van der Waals surface area (Å²) in [5, 5.41) is 0. The molecule has 0 N–H and O–H groups in total. The highest BCUT2D eigenvalue weighted by Crippen LogP contribution is 2.10. The Kier molecular flexibility index (Phi) is 23.0. The van der Waals surface area contributed by atoms with Crippen molar-refractivity contribution in [1.82, 2.24) is 0 Å². The van der Waals surface area contributed by atoms with Crippen LogP contribution < -0.4 is 0 Å². The molecule has 0 saturated carbocycles. The van der Waals surface area contributed by atoms with E-state index < -0.39 is 10.1 Å². The number of unbranched alkanes of at least 4 members (excludes halogenated alkanes) is 3. The van der Waals surface area contributed by atoms with Crippen molar-refractivity contribution < 1.29 is 45.8 Å². The van der Waals surface area contributed by atoms with Gasteiger partial charge in [-0.3, -0.25) is 4.18 Å². The summed E-state index contributed by atoms with van der Waals surface area (Å²) in [6.07, 6.45) is 4.87. The summed E-state index contributed by atoms with van der Waals surface area (Å²) in [6.45, 7) is 9.07. The van der Waals surface area contributed by atoms with Gasteiger partial charge in [0.15, 0.2) is 0 Å². The van der Waals surface area contributed by atoms with E-state index in [0.29, 0.717) is 79.3 Å². The zero-order chi connectivity index (χ0) is 26.7. The molecule has 0 atom stereocenters. The van der Waals surface area contributed by atoms with Gasteiger partial charge in [-0.1, -0.05) is 44.4 Å². The smallest absolute Gasteiger partial charge is 0.297 e. The Morgan fingerprint density at radius 3 is 1.27 bits per heavy atom. The second-order valence-corrected chi connectivity index (χ2v) is 9.55. The van der Waals surface area contributed by atoms with Crippen LogP contribution in [0, 0.1) is 0 Å². The third-order valence-corrected chi connectivity index (χ3v) is 6.20. The highest BCUT2D eigenvalue weighted by atomic mass is 32.2. The van der Waals surface area contributed by atoms with Gasteiger partial charge in [-0.2, -0.15) is 8.42 Å². The fourth-order valence-corrected chi connectivity index (χ4v) is 3.82. The molecule has 1 aromatic carbocycles. The molecule has 10 nitrogen and oxygen atoms in total. The van der Waals surface area contributed by atoms with Gasteiger partial charge in [0, 0.05) is 6.61 Å². The van der Waals surface area contributed by atoms with Gasteiger partial charge < -0.3 is 33.2 Å². The first-order valence-electron chi connectivity index (χ1n) is 13.2. The lowest BCUT2D eigenvalue weighted by Crippen LogP contribution is -2.15. The van der Waals surface area contributed by atoms with Crippen LogP contribution in [0.5, 0.6) is 0 Å². The third-order valence-electron chi connectivity index (χ3n) is 4.87. The molecular weight excluding hydrogens is 504 g/mol. The number of ether oxygens (including phenoxy) is 7. The van der Waals surface area contributed by atoms with Gasteiger partial charge in [0.05, 0.1) is 97.4 Å². The zero-order valence-corrected chi connectivity index (χ0v) is 23.1. The molecule has 0 unspecified atom stereocenters. The average Bonchev–Trinajstić information content (AvgIpc) is 2.91. The number of rotatable bonds is 28. The maximum Gasteiger partial charge on any atom is 0.297 e. The lowest BCUT2D eigenvalue weighted by molar-refractivity contribution is -0.0212. The maximum absolute atomic E-state index is 11.9. The minimum atomic E-state index is -3.74. The first-order valence-corrected chi connectivity index (χ1v) is 14.6. The van der Waals surface area contributed by atoms with Crippen LogP contribution in [0.4, 0.5) is 0 Å². The number of hydrogen-bond donors (Lipinski definition) is 0. The van der Waals surface area contributed by atoms with Gasteiger partial charge in [0.2, 0.25) is 0 Å². The van der Waals surface area contributed by atoms with Crippen molar-refractivity contribution in [3.63, 3.8) is 0 Å². The van der Waals surface area contributed by atoms with Gasteiger partial charge >= 0.3 is 0 Å². The molecule has 0 spiro atoms. The summed E-state index contributed by atoms with van der Waals surface area (Å²) < 4.78 is 66.8. The Morgan fingerprint density at radius 2 is 0.865 bits per heavy atom. The second-order valence-electron chi connectivity index (χ2n) is 7.94. The summed E-state index contributed by atoms with van der Waals surface area (Å²) in [5.41, 5.74) is 0. The number of benzene rings is 1. The summed E-state index contributed by atoms with van der Waals surface area (Å²) in [5.74, 6) is 0. The van der Waals surface area contributed by atoms with Crippen LogP contribution in [0.1, 0.15) is 32.6 Å². The van der Waals surface area contributed by atoms with Crippen LogP contribution in [-0.4, -0.2) is 108 Å². The van der Waals surface area contributed by atoms with E-state index in [2.05, 4.69) is 6.92 Å². The van der Waals surface area contributed by atoms with E-state index in [1.807, 2.05) is 0 Å². The van der Waals surface area contributed by atoms with Gasteiger partial charge in [-0.15, -0.1) is 0 Å². The van der Waals surface area contributed by atoms with Crippen molar-refractivity contribution in [2.75, 3.05) is 99.1 Å². The van der Waals surface area contributed by atoms with Crippen molar-refractivity contribution in [3.8, 4) is 0 Å². The normalized spacial score (nSPS) is 11.8. The van der Waals surface area contributed by atoms with Crippen molar-refractivity contribution in [1.29, 1.82) is 0 Å². The van der Waals surface area contributed by atoms with Gasteiger partial charge in [-0.25, -0.2) is 0 Å². The van der Waals surface area contributed by atoms with Crippen molar-refractivity contribution >= 4 is 10.1 Å². The summed E-state index contributed by atoms with van der Waals surface area (Å²) in [4.78, 5) is 0.128.